The molecule has 0 fully saturated rings. The summed E-state index contributed by atoms with van der Waals surface area (Å²) >= 11 is 2.99. The van der Waals surface area contributed by atoms with E-state index in [2.05, 4.69) is 20.3 Å². The van der Waals surface area contributed by atoms with E-state index in [0.717, 1.165) is 24.3 Å². The molecule has 1 aliphatic carbocycles. The highest BCUT2D eigenvalue weighted by Gasteiger charge is 2.17. The predicted octanol–water partition coefficient (Wildman–Crippen LogP) is 2.14. The standard InChI is InChI=1S/C12H7BrN2O5S/c13-11-7-8(1-6-12(11)16)14-21(19,20)10-4-2-9(3-5-10)15(17)18/h1-7H/b14-8+. The summed E-state index contributed by atoms with van der Waals surface area (Å²) in [5.74, 6) is -0.290. The molecule has 0 unspecified atom stereocenters. The molecule has 0 spiro atoms. The zero-order chi connectivity index (χ0) is 15.6. The zero-order valence-corrected chi connectivity index (χ0v) is 12.7. The van der Waals surface area contributed by atoms with Crippen molar-refractivity contribution in [3.05, 3.63) is 57.1 Å². The van der Waals surface area contributed by atoms with Crippen molar-refractivity contribution in [2.24, 2.45) is 4.40 Å². The average Bonchev–Trinajstić information content (AvgIpc) is 2.43. The number of nitro groups is 1. The molecule has 0 bridgehead atoms. The summed E-state index contributed by atoms with van der Waals surface area (Å²) < 4.78 is 27.9. The maximum Gasteiger partial charge on any atom is 0.282 e. The molecule has 0 heterocycles. The molecule has 1 aliphatic rings. The highest BCUT2D eigenvalue weighted by molar-refractivity contribution is 9.12. The largest absolute Gasteiger partial charge is 0.289 e. The van der Waals surface area contributed by atoms with Crippen molar-refractivity contribution in [3.8, 4) is 0 Å². The van der Waals surface area contributed by atoms with Crippen LogP contribution in [0.3, 0.4) is 0 Å². The van der Waals surface area contributed by atoms with Crippen molar-refractivity contribution in [1.82, 2.24) is 0 Å². The quantitative estimate of drug-likeness (QED) is 0.460. The van der Waals surface area contributed by atoms with E-state index in [1.807, 2.05) is 0 Å². The molecule has 108 valence electrons. The predicted molar refractivity (Wildman–Crippen MR) is 78.9 cm³/mol. The summed E-state index contributed by atoms with van der Waals surface area (Å²) in [6.07, 6.45) is 3.75. The Morgan fingerprint density at radius 3 is 2.29 bits per heavy atom. The van der Waals surface area contributed by atoms with Gasteiger partial charge in [-0.25, -0.2) is 0 Å². The number of carbonyl (C=O) groups excluding carboxylic acids is 1. The Balaban J connectivity index is 2.37. The highest BCUT2D eigenvalue weighted by atomic mass is 79.9. The first-order chi connectivity index (χ1) is 9.79. The Morgan fingerprint density at radius 1 is 1.14 bits per heavy atom. The van der Waals surface area contributed by atoms with Crippen LogP contribution in [-0.4, -0.2) is 24.8 Å². The van der Waals surface area contributed by atoms with Gasteiger partial charge in [-0.15, -0.1) is 0 Å². The number of nitro benzene ring substituents is 1. The summed E-state index contributed by atoms with van der Waals surface area (Å²) in [7, 11) is -4.01. The summed E-state index contributed by atoms with van der Waals surface area (Å²) in [4.78, 5) is 20.9. The maximum absolute atomic E-state index is 12.0. The van der Waals surface area contributed by atoms with E-state index < -0.39 is 14.9 Å². The van der Waals surface area contributed by atoms with E-state index in [-0.39, 0.29) is 26.6 Å². The summed E-state index contributed by atoms with van der Waals surface area (Å²) in [6.45, 7) is 0. The van der Waals surface area contributed by atoms with Gasteiger partial charge in [0.2, 0.25) is 0 Å². The van der Waals surface area contributed by atoms with Crippen LogP contribution in [0.25, 0.3) is 0 Å². The molecular formula is C12H7BrN2O5S. The minimum absolute atomic E-state index is 0.0832. The van der Waals surface area contributed by atoms with E-state index in [4.69, 9.17) is 0 Å². The Hall–Kier alpha value is -2.13. The minimum Gasteiger partial charge on any atom is -0.289 e. The number of halogens is 1. The third kappa shape index (κ3) is 3.50. The van der Waals surface area contributed by atoms with Gasteiger partial charge in [0.15, 0.2) is 5.78 Å². The lowest BCUT2D eigenvalue weighted by Crippen LogP contribution is -2.07. The number of non-ortho nitro benzene ring substituents is 1. The number of hydrogen-bond donors (Lipinski definition) is 0. The van der Waals surface area contributed by atoms with Crippen molar-refractivity contribution in [3.63, 3.8) is 0 Å². The molecule has 0 atom stereocenters. The Kier molecular flexibility index (Phi) is 4.14. The third-order valence-corrected chi connectivity index (χ3v) is 4.43. The summed E-state index contributed by atoms with van der Waals surface area (Å²) in [6, 6.07) is 4.38. The van der Waals surface area contributed by atoms with Crippen molar-refractivity contribution in [2.45, 2.75) is 4.90 Å². The van der Waals surface area contributed by atoms with E-state index in [1.165, 1.54) is 18.2 Å². The molecule has 2 rings (SSSR count). The van der Waals surface area contributed by atoms with Crippen LogP contribution in [0.2, 0.25) is 0 Å². The fourth-order valence-corrected chi connectivity index (χ4v) is 2.82. The molecule has 0 radical (unpaired) electrons. The molecule has 0 N–H and O–H groups in total. The summed E-state index contributed by atoms with van der Waals surface area (Å²) in [5.41, 5.74) is -0.132. The second-order valence-corrected chi connectivity index (χ2v) is 6.39. The lowest BCUT2D eigenvalue weighted by molar-refractivity contribution is -0.384. The number of allylic oxidation sites excluding steroid dienone is 4. The van der Waals surface area contributed by atoms with Gasteiger partial charge in [-0.05, 0) is 46.3 Å². The van der Waals surface area contributed by atoms with Crippen molar-refractivity contribution >= 4 is 43.1 Å². The second kappa shape index (κ2) is 5.70. The van der Waals surface area contributed by atoms with E-state index in [0.29, 0.717) is 0 Å². The Morgan fingerprint density at radius 2 is 1.76 bits per heavy atom. The normalized spacial score (nSPS) is 16.9. The molecule has 0 saturated carbocycles. The molecule has 1 aromatic rings. The first kappa shape index (κ1) is 15.3. The van der Waals surface area contributed by atoms with Crippen LogP contribution in [0.15, 0.2) is 56.3 Å². The minimum atomic E-state index is -4.01. The van der Waals surface area contributed by atoms with Crippen LogP contribution in [0.1, 0.15) is 0 Å². The Bertz CT molecular complexity index is 807. The lowest BCUT2D eigenvalue weighted by atomic mass is 10.2. The van der Waals surface area contributed by atoms with Gasteiger partial charge in [-0.2, -0.15) is 12.8 Å². The lowest BCUT2D eigenvalue weighted by Gasteiger charge is -2.03. The third-order valence-electron chi connectivity index (χ3n) is 2.49. The summed E-state index contributed by atoms with van der Waals surface area (Å²) in [5, 5.41) is 10.5. The van der Waals surface area contributed by atoms with Gasteiger partial charge in [-0.3, -0.25) is 14.9 Å². The van der Waals surface area contributed by atoms with Crippen LogP contribution >= 0.6 is 15.9 Å². The molecule has 0 saturated heterocycles. The smallest absolute Gasteiger partial charge is 0.282 e. The van der Waals surface area contributed by atoms with Gasteiger partial charge in [0.25, 0.3) is 15.7 Å². The SMILES string of the molecule is O=C1C=C/C(=N\S(=O)(=O)c2ccc([N+](=O)[O-])cc2)C=C1Br. The molecule has 9 heteroatoms. The van der Waals surface area contributed by atoms with Crippen LogP contribution in [0, 0.1) is 10.1 Å². The molecule has 1 aromatic carbocycles. The first-order valence-electron chi connectivity index (χ1n) is 5.48. The topological polar surface area (TPSA) is 107 Å². The van der Waals surface area contributed by atoms with Gasteiger partial charge in [0.05, 0.1) is 20.0 Å². The van der Waals surface area contributed by atoms with E-state index in [1.54, 1.807) is 0 Å². The monoisotopic (exact) mass is 370 g/mol. The van der Waals surface area contributed by atoms with Crippen LogP contribution in [-0.2, 0) is 14.8 Å². The fraction of sp³-hybridized carbons (Fsp3) is 0. The van der Waals surface area contributed by atoms with Gasteiger partial charge < -0.3 is 0 Å². The molecule has 21 heavy (non-hydrogen) atoms. The van der Waals surface area contributed by atoms with Gasteiger partial charge in [0, 0.05) is 12.1 Å². The number of carbonyl (C=O) groups is 1. The number of rotatable bonds is 3. The van der Waals surface area contributed by atoms with Crippen LogP contribution in [0.5, 0.6) is 0 Å². The van der Waals surface area contributed by atoms with Crippen LogP contribution in [0.4, 0.5) is 5.69 Å². The molecule has 0 aromatic heterocycles. The highest BCUT2D eigenvalue weighted by Crippen LogP contribution is 2.19. The first-order valence-corrected chi connectivity index (χ1v) is 7.72. The van der Waals surface area contributed by atoms with Crippen molar-refractivity contribution in [1.29, 1.82) is 0 Å². The van der Waals surface area contributed by atoms with Gasteiger partial charge in [0.1, 0.15) is 0 Å². The van der Waals surface area contributed by atoms with Gasteiger partial charge in [-0.1, -0.05) is 0 Å². The van der Waals surface area contributed by atoms with Crippen molar-refractivity contribution < 1.29 is 18.1 Å². The number of hydrogen-bond acceptors (Lipinski definition) is 5. The van der Waals surface area contributed by atoms with Gasteiger partial charge >= 0.3 is 0 Å². The number of nitrogens with zero attached hydrogens (tertiary/aromatic N) is 2. The molecular weight excluding hydrogens is 364 g/mol. The second-order valence-electron chi connectivity index (χ2n) is 3.93. The number of sulfonamides is 1. The molecule has 0 aliphatic heterocycles. The van der Waals surface area contributed by atoms with Crippen LogP contribution < -0.4 is 0 Å². The fourth-order valence-electron chi connectivity index (χ4n) is 1.48. The average molecular weight is 371 g/mol. The number of benzene rings is 1. The zero-order valence-electron chi connectivity index (χ0n) is 10.3. The van der Waals surface area contributed by atoms with E-state index >= 15 is 0 Å². The van der Waals surface area contributed by atoms with Crippen molar-refractivity contribution in [2.75, 3.05) is 0 Å². The molecule has 0 amide bonds. The van der Waals surface area contributed by atoms with E-state index in [9.17, 15) is 23.3 Å². The molecule has 7 nitrogen and oxygen atoms in total. The maximum atomic E-state index is 12.0. The number of ketones is 1. The Labute approximate surface area is 128 Å².